The lowest BCUT2D eigenvalue weighted by Crippen LogP contribution is -2.49. The van der Waals surface area contributed by atoms with Crippen molar-refractivity contribution >= 4 is 0 Å². The number of rotatable bonds is 2. The second kappa shape index (κ2) is 3.22. The van der Waals surface area contributed by atoms with E-state index in [1.54, 1.807) is 32.0 Å². The molecule has 2 rings (SSSR count). The van der Waals surface area contributed by atoms with Gasteiger partial charge in [0.25, 0.3) is 0 Å². The van der Waals surface area contributed by atoms with Crippen molar-refractivity contribution in [2.75, 3.05) is 0 Å². The summed E-state index contributed by atoms with van der Waals surface area (Å²) in [5.41, 5.74) is -0.675. The molecule has 0 radical (unpaired) electrons. The van der Waals surface area contributed by atoms with Crippen molar-refractivity contribution < 1.29 is 9.50 Å². The summed E-state index contributed by atoms with van der Waals surface area (Å²) >= 11 is 0. The monoisotopic (exact) mass is 208 g/mol. The Morgan fingerprint density at radius 1 is 1.33 bits per heavy atom. The van der Waals surface area contributed by atoms with E-state index in [2.05, 4.69) is 0 Å². The summed E-state index contributed by atoms with van der Waals surface area (Å²) in [5.74, 6) is 0.225. The van der Waals surface area contributed by atoms with E-state index in [4.69, 9.17) is 0 Å². The van der Waals surface area contributed by atoms with Crippen LogP contribution < -0.4 is 0 Å². The maximum atomic E-state index is 14.2. The van der Waals surface area contributed by atoms with E-state index < -0.39 is 5.67 Å². The van der Waals surface area contributed by atoms with E-state index in [0.717, 1.165) is 24.8 Å². The lowest BCUT2D eigenvalue weighted by Gasteiger charge is -2.49. The molecule has 1 nitrogen and oxygen atoms in total. The van der Waals surface area contributed by atoms with Crippen molar-refractivity contribution in [3.8, 4) is 5.75 Å². The van der Waals surface area contributed by atoms with E-state index in [1.165, 1.54) is 0 Å². The SMILES string of the molecule is CC(C)(F)C1(c2cccc(O)c2)CCC1. The van der Waals surface area contributed by atoms with Gasteiger partial charge in [-0.25, -0.2) is 4.39 Å². The predicted molar refractivity (Wildman–Crippen MR) is 58.8 cm³/mol. The Morgan fingerprint density at radius 3 is 2.40 bits per heavy atom. The van der Waals surface area contributed by atoms with Gasteiger partial charge < -0.3 is 5.11 Å². The van der Waals surface area contributed by atoms with Crippen LogP contribution in [0.2, 0.25) is 0 Å². The van der Waals surface area contributed by atoms with E-state index in [-0.39, 0.29) is 11.2 Å². The molecule has 1 fully saturated rings. The summed E-state index contributed by atoms with van der Waals surface area (Å²) in [5, 5.41) is 9.44. The van der Waals surface area contributed by atoms with Gasteiger partial charge in [0.1, 0.15) is 11.4 Å². The van der Waals surface area contributed by atoms with Crippen molar-refractivity contribution in [1.29, 1.82) is 0 Å². The summed E-state index contributed by atoms with van der Waals surface area (Å²) in [6.45, 7) is 3.27. The fourth-order valence-corrected chi connectivity index (χ4v) is 2.56. The molecule has 0 unspecified atom stereocenters. The van der Waals surface area contributed by atoms with Gasteiger partial charge >= 0.3 is 0 Å². The molecule has 0 bridgehead atoms. The predicted octanol–water partition coefficient (Wildman–Crippen LogP) is 3.56. The fraction of sp³-hybridized carbons (Fsp3) is 0.538. The highest BCUT2D eigenvalue weighted by molar-refractivity contribution is 5.37. The minimum atomic E-state index is -1.22. The molecule has 15 heavy (non-hydrogen) atoms. The zero-order valence-corrected chi connectivity index (χ0v) is 9.26. The number of halogens is 1. The second-order valence-corrected chi connectivity index (χ2v) is 4.96. The lowest BCUT2D eigenvalue weighted by atomic mass is 9.57. The topological polar surface area (TPSA) is 20.2 Å². The second-order valence-electron chi connectivity index (χ2n) is 4.96. The van der Waals surface area contributed by atoms with Crippen molar-refractivity contribution in [2.24, 2.45) is 0 Å². The maximum Gasteiger partial charge on any atom is 0.115 e. The number of phenols is 1. The minimum Gasteiger partial charge on any atom is -0.508 e. The largest absolute Gasteiger partial charge is 0.508 e. The Bertz CT molecular complexity index is 361. The van der Waals surface area contributed by atoms with E-state index >= 15 is 0 Å². The van der Waals surface area contributed by atoms with Crippen molar-refractivity contribution in [1.82, 2.24) is 0 Å². The van der Waals surface area contributed by atoms with E-state index in [9.17, 15) is 9.50 Å². The van der Waals surface area contributed by atoms with Gasteiger partial charge in [-0.15, -0.1) is 0 Å². The average molecular weight is 208 g/mol. The average Bonchev–Trinajstić information content (AvgIpc) is 1.98. The third kappa shape index (κ3) is 1.52. The Balaban J connectivity index is 2.43. The molecular formula is C13H17FO. The normalized spacial score (nSPS) is 19.7. The number of alkyl halides is 1. The van der Waals surface area contributed by atoms with Crippen LogP contribution in [0.25, 0.3) is 0 Å². The van der Waals surface area contributed by atoms with Crippen molar-refractivity contribution in [3.63, 3.8) is 0 Å². The van der Waals surface area contributed by atoms with Gasteiger partial charge in [0.2, 0.25) is 0 Å². The van der Waals surface area contributed by atoms with E-state index in [0.29, 0.717) is 0 Å². The smallest absolute Gasteiger partial charge is 0.115 e. The zero-order valence-electron chi connectivity index (χ0n) is 9.26. The van der Waals surface area contributed by atoms with E-state index in [1.807, 2.05) is 6.07 Å². The van der Waals surface area contributed by atoms with Gasteiger partial charge in [-0.05, 0) is 44.4 Å². The highest BCUT2D eigenvalue weighted by Crippen LogP contribution is 2.53. The molecule has 2 heteroatoms. The Morgan fingerprint density at radius 2 is 2.00 bits per heavy atom. The fourth-order valence-electron chi connectivity index (χ4n) is 2.56. The molecule has 1 aliphatic carbocycles. The van der Waals surface area contributed by atoms with Crippen LogP contribution in [-0.4, -0.2) is 10.8 Å². The van der Waals surface area contributed by atoms with Crippen LogP contribution in [0.1, 0.15) is 38.7 Å². The molecule has 0 atom stereocenters. The molecule has 1 N–H and O–H groups in total. The third-order valence-corrected chi connectivity index (χ3v) is 3.74. The molecule has 1 aromatic rings. The summed E-state index contributed by atoms with van der Waals surface area (Å²) < 4.78 is 14.2. The molecule has 0 spiro atoms. The quantitative estimate of drug-likeness (QED) is 0.787. The Labute approximate surface area is 89.9 Å². The first-order chi connectivity index (χ1) is 6.96. The van der Waals surface area contributed by atoms with Crippen LogP contribution in [0.3, 0.4) is 0 Å². The molecule has 0 aliphatic heterocycles. The van der Waals surface area contributed by atoms with Crippen LogP contribution in [0, 0.1) is 0 Å². The van der Waals surface area contributed by atoms with Crippen LogP contribution in [0.15, 0.2) is 24.3 Å². The first kappa shape index (κ1) is 10.5. The molecule has 82 valence electrons. The number of hydrogen-bond donors (Lipinski definition) is 1. The Hall–Kier alpha value is -1.05. The van der Waals surface area contributed by atoms with Gasteiger partial charge in [-0.1, -0.05) is 18.6 Å². The molecule has 1 aromatic carbocycles. The van der Waals surface area contributed by atoms with Crippen LogP contribution in [-0.2, 0) is 5.41 Å². The number of aromatic hydroxyl groups is 1. The first-order valence-corrected chi connectivity index (χ1v) is 5.44. The highest BCUT2D eigenvalue weighted by atomic mass is 19.1. The minimum absolute atomic E-state index is 0.225. The van der Waals surface area contributed by atoms with Crippen LogP contribution in [0.4, 0.5) is 4.39 Å². The summed E-state index contributed by atoms with van der Waals surface area (Å²) in [6, 6.07) is 7.03. The molecular weight excluding hydrogens is 191 g/mol. The summed E-state index contributed by atoms with van der Waals surface area (Å²) in [4.78, 5) is 0. The molecule has 0 amide bonds. The molecule has 1 saturated carbocycles. The summed E-state index contributed by atoms with van der Waals surface area (Å²) in [7, 11) is 0. The first-order valence-electron chi connectivity index (χ1n) is 5.44. The van der Waals surface area contributed by atoms with Crippen molar-refractivity contribution in [2.45, 2.75) is 44.2 Å². The Kier molecular flexibility index (Phi) is 2.25. The molecule has 0 saturated heterocycles. The number of hydrogen-bond acceptors (Lipinski definition) is 1. The molecule has 0 heterocycles. The van der Waals surface area contributed by atoms with Crippen LogP contribution in [0.5, 0.6) is 5.75 Å². The standard InChI is InChI=1S/C13H17FO/c1-12(2,14)13(7-4-8-13)10-5-3-6-11(15)9-10/h3,5-6,9,15H,4,7-8H2,1-2H3. The molecule has 1 aliphatic rings. The highest BCUT2D eigenvalue weighted by Gasteiger charge is 2.51. The number of phenolic OH excluding ortho intramolecular Hbond substituents is 1. The van der Waals surface area contributed by atoms with Gasteiger partial charge in [0.15, 0.2) is 0 Å². The maximum absolute atomic E-state index is 14.2. The van der Waals surface area contributed by atoms with Gasteiger partial charge in [-0.2, -0.15) is 0 Å². The van der Waals surface area contributed by atoms with Gasteiger partial charge in [0, 0.05) is 5.41 Å². The zero-order chi connectivity index (χ0) is 11.1. The van der Waals surface area contributed by atoms with Gasteiger partial charge in [0.05, 0.1) is 0 Å². The summed E-state index contributed by atoms with van der Waals surface area (Å²) in [6.07, 6.45) is 2.82. The third-order valence-electron chi connectivity index (χ3n) is 3.74. The van der Waals surface area contributed by atoms with Gasteiger partial charge in [-0.3, -0.25) is 0 Å². The van der Waals surface area contributed by atoms with Crippen molar-refractivity contribution in [3.05, 3.63) is 29.8 Å². The molecule has 0 aromatic heterocycles. The number of benzene rings is 1. The lowest BCUT2D eigenvalue weighted by molar-refractivity contribution is 0.0267. The van der Waals surface area contributed by atoms with Crippen LogP contribution >= 0.6 is 0 Å².